The maximum Gasteiger partial charge on any atom is 0.223 e. The maximum atomic E-state index is 11.9. The van der Waals surface area contributed by atoms with Gasteiger partial charge in [-0.15, -0.1) is 0 Å². The van der Waals surface area contributed by atoms with E-state index in [0.29, 0.717) is 6.42 Å². The Hall–Kier alpha value is -0.870. The van der Waals surface area contributed by atoms with Gasteiger partial charge in [0, 0.05) is 49.1 Å². The fraction of sp³-hybridized carbons (Fsp3) is 0.500. The molecule has 1 aliphatic heterocycles. The monoisotopic (exact) mass is 298 g/mol. The number of anilines is 1. The van der Waals surface area contributed by atoms with Crippen molar-refractivity contribution in [3.05, 3.63) is 29.3 Å². The van der Waals surface area contributed by atoms with E-state index in [1.54, 1.807) is 11.8 Å². The Bertz CT molecular complexity index is 416. The number of benzene rings is 1. The molecule has 1 aliphatic rings. The molecule has 104 valence electrons. The summed E-state index contributed by atoms with van der Waals surface area (Å²) in [6, 6.07) is 7.89. The summed E-state index contributed by atoms with van der Waals surface area (Å²) in [6.45, 7) is 3.42. The van der Waals surface area contributed by atoms with Gasteiger partial charge in [-0.25, -0.2) is 0 Å². The molecule has 0 bridgehead atoms. The lowest BCUT2D eigenvalue weighted by Gasteiger charge is -2.36. The number of carbonyl (C=O) groups is 1. The molecule has 0 radical (unpaired) electrons. The van der Waals surface area contributed by atoms with Crippen LogP contribution in [0.1, 0.15) is 6.42 Å². The van der Waals surface area contributed by atoms with Crippen molar-refractivity contribution in [2.24, 2.45) is 0 Å². The molecular formula is C14H19ClN2OS. The average molecular weight is 299 g/mol. The summed E-state index contributed by atoms with van der Waals surface area (Å²) in [4.78, 5) is 16.2. The number of amides is 1. The molecule has 1 aromatic carbocycles. The van der Waals surface area contributed by atoms with E-state index >= 15 is 0 Å². The first-order chi connectivity index (χ1) is 9.20. The minimum absolute atomic E-state index is 0.283. The number of nitrogens with zero attached hydrogens (tertiary/aromatic N) is 2. The smallest absolute Gasteiger partial charge is 0.223 e. The van der Waals surface area contributed by atoms with Crippen molar-refractivity contribution in [3.63, 3.8) is 0 Å². The molecule has 1 saturated heterocycles. The van der Waals surface area contributed by atoms with Gasteiger partial charge in [0.2, 0.25) is 5.91 Å². The lowest BCUT2D eigenvalue weighted by molar-refractivity contribution is -0.131. The second kappa shape index (κ2) is 7.06. The molecular weight excluding hydrogens is 280 g/mol. The average Bonchev–Trinajstić information content (AvgIpc) is 2.46. The second-order valence-electron chi connectivity index (χ2n) is 4.59. The first-order valence-corrected chi connectivity index (χ1v) is 8.25. The molecule has 3 nitrogen and oxygen atoms in total. The van der Waals surface area contributed by atoms with Crippen LogP contribution in [-0.2, 0) is 4.79 Å². The molecule has 0 saturated carbocycles. The summed E-state index contributed by atoms with van der Waals surface area (Å²) in [6.07, 6.45) is 2.69. The zero-order chi connectivity index (χ0) is 13.7. The zero-order valence-electron chi connectivity index (χ0n) is 11.1. The molecule has 19 heavy (non-hydrogen) atoms. The molecule has 1 aromatic rings. The van der Waals surface area contributed by atoms with Crippen LogP contribution in [0.2, 0.25) is 5.02 Å². The number of hydrogen-bond donors (Lipinski definition) is 0. The van der Waals surface area contributed by atoms with Crippen LogP contribution in [-0.4, -0.2) is 49.0 Å². The standard InChI is InChI=1S/C14H19ClN2OS/c1-19-11-6-14(18)17-9-7-16(8-10-17)13-4-2-12(15)3-5-13/h2-5H,6-11H2,1H3. The molecule has 1 fully saturated rings. The predicted molar refractivity (Wildman–Crippen MR) is 83.2 cm³/mol. The SMILES string of the molecule is CSCCC(=O)N1CCN(c2ccc(Cl)cc2)CC1. The third-order valence-corrected chi connectivity index (χ3v) is 4.21. The molecule has 1 heterocycles. The molecule has 0 unspecified atom stereocenters. The lowest BCUT2D eigenvalue weighted by Crippen LogP contribution is -2.48. The topological polar surface area (TPSA) is 23.6 Å². The summed E-state index contributed by atoms with van der Waals surface area (Å²) < 4.78 is 0. The van der Waals surface area contributed by atoms with Crippen molar-refractivity contribution in [2.75, 3.05) is 43.1 Å². The van der Waals surface area contributed by atoms with Crippen LogP contribution in [0.15, 0.2) is 24.3 Å². The lowest BCUT2D eigenvalue weighted by atomic mass is 10.2. The van der Waals surface area contributed by atoms with Gasteiger partial charge in [-0.2, -0.15) is 11.8 Å². The van der Waals surface area contributed by atoms with Crippen molar-refractivity contribution in [3.8, 4) is 0 Å². The molecule has 0 atom stereocenters. The molecule has 0 aliphatic carbocycles. The minimum Gasteiger partial charge on any atom is -0.368 e. The summed E-state index contributed by atoms with van der Waals surface area (Å²) in [5, 5.41) is 0.759. The quantitative estimate of drug-likeness (QED) is 0.854. The number of carbonyl (C=O) groups excluding carboxylic acids is 1. The Morgan fingerprint density at radius 3 is 2.42 bits per heavy atom. The number of thioether (sulfide) groups is 1. The number of piperazine rings is 1. The minimum atomic E-state index is 0.283. The molecule has 2 rings (SSSR count). The number of hydrogen-bond acceptors (Lipinski definition) is 3. The molecule has 5 heteroatoms. The first-order valence-electron chi connectivity index (χ1n) is 6.48. The van der Waals surface area contributed by atoms with Crippen molar-refractivity contribution in [1.29, 1.82) is 0 Å². The third kappa shape index (κ3) is 4.05. The van der Waals surface area contributed by atoms with Crippen LogP contribution >= 0.6 is 23.4 Å². The van der Waals surface area contributed by atoms with E-state index in [0.717, 1.165) is 37.0 Å². The van der Waals surface area contributed by atoms with Gasteiger partial charge < -0.3 is 9.80 Å². The van der Waals surface area contributed by atoms with Crippen LogP contribution in [0, 0.1) is 0 Å². The van der Waals surface area contributed by atoms with E-state index in [2.05, 4.69) is 4.90 Å². The van der Waals surface area contributed by atoms with Crippen LogP contribution in [0.25, 0.3) is 0 Å². The van der Waals surface area contributed by atoms with Crippen molar-refractivity contribution < 1.29 is 4.79 Å². The van der Waals surface area contributed by atoms with Crippen molar-refractivity contribution in [1.82, 2.24) is 4.90 Å². The molecule has 1 amide bonds. The van der Waals surface area contributed by atoms with Gasteiger partial charge in [0.1, 0.15) is 0 Å². The van der Waals surface area contributed by atoms with Crippen LogP contribution in [0.5, 0.6) is 0 Å². The van der Waals surface area contributed by atoms with E-state index < -0.39 is 0 Å². The number of halogens is 1. The van der Waals surface area contributed by atoms with Gasteiger partial charge in [-0.3, -0.25) is 4.79 Å². The van der Waals surface area contributed by atoms with Gasteiger partial charge in [-0.1, -0.05) is 11.6 Å². The molecule has 0 N–H and O–H groups in total. The van der Waals surface area contributed by atoms with Crippen molar-refractivity contribution in [2.45, 2.75) is 6.42 Å². The van der Waals surface area contributed by atoms with E-state index in [-0.39, 0.29) is 5.91 Å². The van der Waals surface area contributed by atoms with Crippen LogP contribution < -0.4 is 4.90 Å². The van der Waals surface area contributed by atoms with E-state index in [9.17, 15) is 4.79 Å². The Kier molecular flexibility index (Phi) is 5.40. The zero-order valence-corrected chi connectivity index (χ0v) is 12.7. The fourth-order valence-electron chi connectivity index (χ4n) is 2.21. The maximum absolute atomic E-state index is 11.9. The van der Waals surface area contributed by atoms with E-state index in [4.69, 9.17) is 11.6 Å². The van der Waals surface area contributed by atoms with Crippen LogP contribution in [0.3, 0.4) is 0 Å². The first kappa shape index (κ1) is 14.5. The Balaban J connectivity index is 1.85. The highest BCUT2D eigenvalue weighted by Crippen LogP contribution is 2.19. The largest absolute Gasteiger partial charge is 0.368 e. The number of rotatable bonds is 4. The van der Waals surface area contributed by atoms with E-state index in [1.807, 2.05) is 35.4 Å². The van der Waals surface area contributed by atoms with Gasteiger partial charge in [0.15, 0.2) is 0 Å². The van der Waals surface area contributed by atoms with Crippen LogP contribution in [0.4, 0.5) is 5.69 Å². The van der Waals surface area contributed by atoms with Gasteiger partial charge in [0.05, 0.1) is 0 Å². The highest BCUT2D eigenvalue weighted by atomic mass is 35.5. The summed E-state index contributed by atoms with van der Waals surface area (Å²) >= 11 is 7.61. The summed E-state index contributed by atoms with van der Waals surface area (Å²) in [7, 11) is 0. The molecule has 0 aromatic heterocycles. The predicted octanol–water partition coefficient (Wildman–Crippen LogP) is 2.74. The fourth-order valence-corrected chi connectivity index (χ4v) is 2.72. The van der Waals surface area contributed by atoms with Gasteiger partial charge in [-0.05, 0) is 30.5 Å². The second-order valence-corrected chi connectivity index (χ2v) is 6.01. The highest BCUT2D eigenvalue weighted by molar-refractivity contribution is 7.98. The van der Waals surface area contributed by atoms with E-state index in [1.165, 1.54) is 5.69 Å². The Morgan fingerprint density at radius 1 is 1.21 bits per heavy atom. The van der Waals surface area contributed by atoms with Gasteiger partial charge in [0.25, 0.3) is 0 Å². The highest BCUT2D eigenvalue weighted by Gasteiger charge is 2.20. The Morgan fingerprint density at radius 2 is 1.84 bits per heavy atom. The summed E-state index contributed by atoms with van der Waals surface area (Å²) in [5.74, 6) is 1.20. The molecule has 0 spiro atoms. The van der Waals surface area contributed by atoms with Gasteiger partial charge >= 0.3 is 0 Å². The van der Waals surface area contributed by atoms with Crippen molar-refractivity contribution >= 4 is 35.0 Å². The normalized spacial score (nSPS) is 15.7. The Labute approximate surface area is 123 Å². The summed E-state index contributed by atoms with van der Waals surface area (Å²) in [5.41, 5.74) is 1.18. The third-order valence-electron chi connectivity index (χ3n) is 3.34.